The van der Waals surface area contributed by atoms with E-state index in [9.17, 15) is 29.7 Å². The summed E-state index contributed by atoms with van der Waals surface area (Å²) in [6.07, 6.45) is 2.51. The molecule has 3 rings (SSSR count). The van der Waals surface area contributed by atoms with Crippen LogP contribution in [-0.4, -0.2) is 27.9 Å². The predicted octanol–water partition coefficient (Wildman–Crippen LogP) is 3.72. The number of nitrogens with one attached hydrogen (secondary N) is 1. The van der Waals surface area contributed by atoms with Crippen LogP contribution in [0, 0.1) is 27.3 Å². The molecule has 0 aliphatic heterocycles. The van der Waals surface area contributed by atoms with Gasteiger partial charge in [-0.05, 0) is 35.9 Å². The molecule has 1 aromatic heterocycles. The number of carbonyl (C=O) groups is 1. The van der Waals surface area contributed by atoms with Gasteiger partial charge in [0.05, 0.1) is 12.0 Å². The lowest BCUT2D eigenvalue weighted by Crippen LogP contribution is -2.01. The van der Waals surface area contributed by atoms with Gasteiger partial charge in [-0.15, -0.1) is 0 Å². The fraction of sp³-hybridized carbons (Fsp3) is 0.0526. The summed E-state index contributed by atoms with van der Waals surface area (Å²) >= 11 is 0. The zero-order valence-corrected chi connectivity index (χ0v) is 14.4. The molecule has 2 N–H and O–H groups in total. The Morgan fingerprint density at radius 2 is 2.14 bits per heavy atom. The summed E-state index contributed by atoms with van der Waals surface area (Å²) in [5, 5.41) is 30.8. The van der Waals surface area contributed by atoms with Crippen molar-refractivity contribution in [1.82, 2.24) is 4.98 Å². The van der Waals surface area contributed by atoms with Crippen LogP contribution in [0.5, 0.6) is 11.5 Å². The number of hydrogen-bond donors (Lipinski definition) is 2. The molecule has 0 unspecified atom stereocenters. The van der Waals surface area contributed by atoms with E-state index in [-0.39, 0.29) is 22.4 Å². The number of fused-ring (bicyclic) bond motifs is 1. The SMILES string of the molecule is COc1cc(/C=C(\C#N)C(=O)c2c[nH]c3cc(F)ccc23)cc([N+](=O)[O-])c1O. The van der Waals surface area contributed by atoms with Gasteiger partial charge in [-0.25, -0.2) is 4.39 Å². The molecular weight excluding hydrogens is 369 g/mol. The molecular formula is C19H12FN3O5. The number of allylic oxidation sites excluding steroid dienone is 1. The van der Waals surface area contributed by atoms with E-state index < -0.39 is 28.0 Å². The van der Waals surface area contributed by atoms with E-state index >= 15 is 0 Å². The van der Waals surface area contributed by atoms with Crippen molar-refractivity contribution in [2.24, 2.45) is 0 Å². The standard InChI is InChI=1S/C19H12FN3O5/c1-28-17-6-10(5-16(19(17)25)23(26)27)4-11(8-21)18(24)14-9-22-15-7-12(20)2-3-13(14)15/h2-7,9,22,25H,1H3/b11-4+. The minimum absolute atomic E-state index is 0.122. The Morgan fingerprint density at radius 1 is 1.39 bits per heavy atom. The van der Waals surface area contributed by atoms with Crippen LogP contribution in [0.1, 0.15) is 15.9 Å². The van der Waals surface area contributed by atoms with E-state index in [1.807, 2.05) is 0 Å². The van der Waals surface area contributed by atoms with Gasteiger partial charge in [0, 0.05) is 28.7 Å². The number of aromatic hydroxyl groups is 1. The Balaban J connectivity index is 2.09. The van der Waals surface area contributed by atoms with E-state index in [1.54, 1.807) is 6.07 Å². The highest BCUT2D eigenvalue weighted by atomic mass is 19.1. The van der Waals surface area contributed by atoms with Crippen LogP contribution >= 0.6 is 0 Å². The molecule has 9 heteroatoms. The summed E-state index contributed by atoms with van der Waals surface area (Å²) in [5.74, 6) is -1.95. The first-order chi connectivity index (χ1) is 13.3. The maximum Gasteiger partial charge on any atom is 0.315 e. The number of H-pyrrole nitrogens is 1. The number of aromatic amines is 1. The van der Waals surface area contributed by atoms with E-state index in [1.165, 1.54) is 37.6 Å². The smallest absolute Gasteiger partial charge is 0.315 e. The molecule has 0 amide bonds. The fourth-order valence-corrected chi connectivity index (χ4v) is 2.74. The number of aromatic nitrogens is 1. The first-order valence-corrected chi connectivity index (χ1v) is 7.84. The number of phenols is 1. The highest BCUT2D eigenvalue weighted by Gasteiger charge is 2.21. The number of ether oxygens (including phenoxy) is 1. The second-order valence-corrected chi connectivity index (χ2v) is 5.74. The third-order valence-corrected chi connectivity index (χ3v) is 4.06. The van der Waals surface area contributed by atoms with Crippen molar-refractivity contribution >= 4 is 28.4 Å². The van der Waals surface area contributed by atoms with Gasteiger partial charge in [-0.2, -0.15) is 5.26 Å². The van der Waals surface area contributed by atoms with Crippen LogP contribution in [0.4, 0.5) is 10.1 Å². The van der Waals surface area contributed by atoms with Crippen molar-refractivity contribution in [2.75, 3.05) is 7.11 Å². The van der Waals surface area contributed by atoms with Crippen LogP contribution in [0.15, 0.2) is 42.1 Å². The molecule has 0 atom stereocenters. The molecule has 0 bridgehead atoms. The van der Waals surface area contributed by atoms with E-state index in [0.29, 0.717) is 10.9 Å². The summed E-state index contributed by atoms with van der Waals surface area (Å²) in [7, 11) is 1.22. The second-order valence-electron chi connectivity index (χ2n) is 5.74. The van der Waals surface area contributed by atoms with Crippen molar-refractivity contribution in [1.29, 1.82) is 5.26 Å². The summed E-state index contributed by atoms with van der Waals surface area (Å²) in [4.78, 5) is 25.8. The van der Waals surface area contributed by atoms with Crippen molar-refractivity contribution in [3.63, 3.8) is 0 Å². The number of methoxy groups -OCH3 is 1. The Morgan fingerprint density at radius 3 is 2.79 bits per heavy atom. The predicted molar refractivity (Wildman–Crippen MR) is 97.5 cm³/mol. The van der Waals surface area contributed by atoms with E-state index in [0.717, 1.165) is 12.1 Å². The van der Waals surface area contributed by atoms with Crippen LogP contribution in [-0.2, 0) is 0 Å². The lowest BCUT2D eigenvalue weighted by molar-refractivity contribution is -0.386. The van der Waals surface area contributed by atoms with Crippen molar-refractivity contribution in [3.05, 3.63) is 69.2 Å². The van der Waals surface area contributed by atoms with Gasteiger partial charge in [0.2, 0.25) is 11.5 Å². The quantitative estimate of drug-likeness (QED) is 0.228. The lowest BCUT2D eigenvalue weighted by Gasteiger charge is -2.06. The molecule has 3 aromatic rings. The van der Waals surface area contributed by atoms with Crippen molar-refractivity contribution in [2.45, 2.75) is 0 Å². The van der Waals surface area contributed by atoms with Gasteiger partial charge in [0.25, 0.3) is 0 Å². The van der Waals surface area contributed by atoms with Crippen molar-refractivity contribution < 1.29 is 24.0 Å². The number of Topliss-reactive ketones (excluding diaryl/α,β-unsaturated/α-hetero) is 1. The van der Waals surface area contributed by atoms with Gasteiger partial charge < -0.3 is 14.8 Å². The largest absolute Gasteiger partial charge is 0.500 e. The number of ketones is 1. The molecule has 0 saturated heterocycles. The van der Waals surface area contributed by atoms with Crippen molar-refractivity contribution in [3.8, 4) is 17.6 Å². The Kier molecular flexibility index (Phi) is 4.78. The number of nitro benzene ring substituents is 1. The Labute approximate surface area is 157 Å². The van der Waals surface area contributed by atoms with Gasteiger partial charge in [-0.3, -0.25) is 14.9 Å². The third kappa shape index (κ3) is 3.26. The molecule has 8 nitrogen and oxygen atoms in total. The first-order valence-electron chi connectivity index (χ1n) is 7.84. The number of nitro groups is 1. The summed E-state index contributed by atoms with van der Waals surface area (Å²) < 4.78 is 18.2. The van der Waals surface area contributed by atoms with Crippen LogP contribution in [0.3, 0.4) is 0 Å². The van der Waals surface area contributed by atoms with Crippen LogP contribution < -0.4 is 4.74 Å². The first kappa shape index (κ1) is 18.6. The lowest BCUT2D eigenvalue weighted by atomic mass is 10.0. The number of benzene rings is 2. The number of carbonyl (C=O) groups excluding carboxylic acids is 1. The highest BCUT2D eigenvalue weighted by Crippen LogP contribution is 2.37. The molecule has 1 heterocycles. The molecule has 2 aromatic carbocycles. The summed E-state index contributed by atoms with van der Waals surface area (Å²) in [6, 6.07) is 7.87. The molecule has 0 fully saturated rings. The number of nitriles is 1. The average molecular weight is 381 g/mol. The zero-order valence-electron chi connectivity index (χ0n) is 14.4. The zero-order chi connectivity index (χ0) is 20.4. The molecule has 0 aliphatic carbocycles. The average Bonchev–Trinajstić information content (AvgIpc) is 3.09. The second kappa shape index (κ2) is 7.20. The number of halogens is 1. The van der Waals surface area contributed by atoms with Gasteiger partial charge in [0.1, 0.15) is 17.5 Å². The van der Waals surface area contributed by atoms with E-state index in [4.69, 9.17) is 4.74 Å². The molecule has 0 spiro atoms. The molecule has 28 heavy (non-hydrogen) atoms. The molecule has 0 radical (unpaired) electrons. The number of hydrogen-bond acceptors (Lipinski definition) is 6. The topological polar surface area (TPSA) is 129 Å². The fourth-order valence-electron chi connectivity index (χ4n) is 2.74. The number of rotatable bonds is 5. The maximum absolute atomic E-state index is 13.3. The maximum atomic E-state index is 13.3. The van der Waals surface area contributed by atoms with Gasteiger partial charge in [0.15, 0.2) is 5.75 Å². The van der Waals surface area contributed by atoms with E-state index in [2.05, 4.69) is 4.98 Å². The Hall–Kier alpha value is -4.19. The van der Waals surface area contributed by atoms with Crippen LogP contribution in [0.2, 0.25) is 0 Å². The normalized spacial score (nSPS) is 11.2. The highest BCUT2D eigenvalue weighted by molar-refractivity contribution is 6.19. The van der Waals surface area contributed by atoms with Gasteiger partial charge in [-0.1, -0.05) is 0 Å². The van der Waals surface area contributed by atoms with Gasteiger partial charge >= 0.3 is 5.69 Å². The number of phenolic OH excluding ortho intramolecular Hbond substituents is 1. The minimum atomic E-state index is -0.808. The minimum Gasteiger partial charge on any atom is -0.500 e. The van der Waals surface area contributed by atoms with Crippen LogP contribution in [0.25, 0.3) is 17.0 Å². The Bertz CT molecular complexity index is 1190. The summed E-state index contributed by atoms with van der Waals surface area (Å²) in [5.41, 5.74) is -0.257. The summed E-state index contributed by atoms with van der Waals surface area (Å²) in [6.45, 7) is 0. The number of nitrogens with zero attached hydrogens (tertiary/aromatic N) is 2. The third-order valence-electron chi connectivity index (χ3n) is 4.06. The molecule has 140 valence electrons. The molecule has 0 saturated carbocycles. The molecule has 0 aliphatic rings. The monoisotopic (exact) mass is 381 g/mol.